The normalized spacial score (nSPS) is 14.0. The molecule has 0 aliphatic heterocycles. The maximum atomic E-state index is 11.7. The van der Waals surface area contributed by atoms with Gasteiger partial charge in [0, 0.05) is 19.8 Å². The van der Waals surface area contributed by atoms with Gasteiger partial charge in [-0.3, -0.25) is 4.79 Å². The molecule has 0 bridgehead atoms. The van der Waals surface area contributed by atoms with Crippen molar-refractivity contribution in [2.24, 2.45) is 5.92 Å². The SMILES string of the molecule is O=C(O)c1cnc(C(=O)NCCCOCC2CC2)cn1. The Morgan fingerprint density at radius 2 is 2.00 bits per heavy atom. The zero-order chi connectivity index (χ0) is 14.4. The first-order valence-electron chi connectivity index (χ1n) is 6.58. The second-order valence-corrected chi connectivity index (χ2v) is 4.72. The first-order valence-corrected chi connectivity index (χ1v) is 6.58. The number of hydrogen-bond acceptors (Lipinski definition) is 5. The first kappa shape index (κ1) is 14.4. The summed E-state index contributed by atoms with van der Waals surface area (Å²) in [4.78, 5) is 29.7. The molecular formula is C13H17N3O4. The lowest BCUT2D eigenvalue weighted by molar-refractivity contribution is 0.0689. The maximum absolute atomic E-state index is 11.7. The molecule has 1 aromatic heterocycles. The molecule has 0 spiro atoms. The molecule has 108 valence electrons. The van der Waals surface area contributed by atoms with E-state index in [0.29, 0.717) is 13.2 Å². The first-order chi connectivity index (χ1) is 9.66. The number of aromatic carboxylic acids is 1. The van der Waals surface area contributed by atoms with Crippen LogP contribution in [0.4, 0.5) is 0 Å². The van der Waals surface area contributed by atoms with Crippen molar-refractivity contribution in [1.29, 1.82) is 0 Å². The summed E-state index contributed by atoms with van der Waals surface area (Å²) >= 11 is 0. The minimum Gasteiger partial charge on any atom is -0.476 e. The van der Waals surface area contributed by atoms with Gasteiger partial charge < -0.3 is 15.2 Å². The Balaban J connectivity index is 1.64. The monoisotopic (exact) mass is 279 g/mol. The highest BCUT2D eigenvalue weighted by Gasteiger charge is 2.20. The molecule has 1 fully saturated rings. The van der Waals surface area contributed by atoms with Gasteiger partial charge in [-0.1, -0.05) is 0 Å². The molecule has 0 unspecified atom stereocenters. The van der Waals surface area contributed by atoms with Crippen LogP contribution in [0.2, 0.25) is 0 Å². The number of carboxylic acids is 1. The summed E-state index contributed by atoms with van der Waals surface area (Å²) < 4.78 is 5.44. The van der Waals surface area contributed by atoms with Crippen molar-refractivity contribution in [3.8, 4) is 0 Å². The van der Waals surface area contributed by atoms with E-state index < -0.39 is 5.97 Å². The Morgan fingerprint density at radius 3 is 2.60 bits per heavy atom. The molecule has 1 aromatic rings. The van der Waals surface area contributed by atoms with Gasteiger partial charge >= 0.3 is 5.97 Å². The lowest BCUT2D eigenvalue weighted by atomic mass is 10.3. The molecule has 7 nitrogen and oxygen atoms in total. The van der Waals surface area contributed by atoms with Gasteiger partial charge in [0.05, 0.1) is 12.4 Å². The van der Waals surface area contributed by atoms with Crippen molar-refractivity contribution < 1.29 is 19.4 Å². The summed E-state index contributed by atoms with van der Waals surface area (Å²) in [6, 6.07) is 0. The third-order valence-corrected chi connectivity index (χ3v) is 2.91. The molecule has 2 rings (SSSR count). The van der Waals surface area contributed by atoms with Gasteiger partial charge in [0.25, 0.3) is 5.91 Å². The number of amides is 1. The van der Waals surface area contributed by atoms with Gasteiger partial charge in [0.15, 0.2) is 5.69 Å². The minimum atomic E-state index is -1.17. The predicted molar refractivity (Wildman–Crippen MR) is 69.5 cm³/mol. The summed E-state index contributed by atoms with van der Waals surface area (Å²) in [5.41, 5.74) is -0.0797. The van der Waals surface area contributed by atoms with E-state index in [9.17, 15) is 9.59 Å². The number of carboxylic acid groups (broad SMARTS) is 1. The second-order valence-electron chi connectivity index (χ2n) is 4.72. The largest absolute Gasteiger partial charge is 0.476 e. The number of carbonyl (C=O) groups excluding carboxylic acids is 1. The Labute approximate surface area is 116 Å². The zero-order valence-electron chi connectivity index (χ0n) is 11.0. The summed E-state index contributed by atoms with van der Waals surface area (Å²) in [6.07, 6.45) is 5.49. The number of nitrogens with zero attached hydrogens (tertiary/aromatic N) is 2. The van der Waals surface area contributed by atoms with Crippen molar-refractivity contribution in [1.82, 2.24) is 15.3 Å². The molecule has 1 aliphatic carbocycles. The molecule has 1 aliphatic rings. The number of ether oxygens (including phenoxy) is 1. The standard InChI is InChI=1S/C13H17N3O4/c17-12(10-6-16-11(7-15-10)13(18)19)14-4-1-5-20-8-9-2-3-9/h6-7,9H,1-5,8H2,(H,14,17)(H,18,19). The van der Waals surface area contributed by atoms with Crippen molar-refractivity contribution in [2.75, 3.05) is 19.8 Å². The van der Waals surface area contributed by atoms with Gasteiger partial charge in [-0.05, 0) is 25.2 Å². The lowest BCUT2D eigenvalue weighted by Gasteiger charge is -2.05. The molecule has 0 saturated heterocycles. The van der Waals surface area contributed by atoms with Crippen LogP contribution >= 0.6 is 0 Å². The number of nitrogens with one attached hydrogen (secondary N) is 1. The van der Waals surface area contributed by atoms with Crippen LogP contribution in [0.3, 0.4) is 0 Å². The van der Waals surface area contributed by atoms with Crippen molar-refractivity contribution >= 4 is 11.9 Å². The van der Waals surface area contributed by atoms with E-state index in [4.69, 9.17) is 9.84 Å². The lowest BCUT2D eigenvalue weighted by Crippen LogP contribution is -2.26. The van der Waals surface area contributed by atoms with Crippen LogP contribution in [0.25, 0.3) is 0 Å². The average molecular weight is 279 g/mol. The molecule has 0 aromatic carbocycles. The summed E-state index contributed by atoms with van der Waals surface area (Å²) in [6.45, 7) is 1.93. The minimum absolute atomic E-state index is 0.105. The van der Waals surface area contributed by atoms with Crippen LogP contribution in [0, 0.1) is 5.92 Å². The number of rotatable bonds is 8. The highest BCUT2D eigenvalue weighted by molar-refractivity contribution is 5.92. The summed E-state index contributed by atoms with van der Waals surface area (Å²) in [5.74, 6) is -0.790. The fourth-order valence-corrected chi connectivity index (χ4v) is 1.56. The van der Waals surface area contributed by atoms with Crippen LogP contribution in [0.1, 0.15) is 40.2 Å². The maximum Gasteiger partial charge on any atom is 0.356 e. The molecule has 1 amide bonds. The third-order valence-electron chi connectivity index (χ3n) is 2.91. The Hall–Kier alpha value is -2.02. The zero-order valence-corrected chi connectivity index (χ0v) is 11.0. The van der Waals surface area contributed by atoms with Gasteiger partial charge in [-0.25, -0.2) is 14.8 Å². The number of hydrogen-bond donors (Lipinski definition) is 2. The topological polar surface area (TPSA) is 101 Å². The van der Waals surface area contributed by atoms with Crippen LogP contribution in [-0.4, -0.2) is 46.7 Å². The highest BCUT2D eigenvalue weighted by atomic mass is 16.5. The second kappa shape index (κ2) is 6.95. The summed E-state index contributed by atoms with van der Waals surface area (Å²) in [7, 11) is 0. The van der Waals surface area contributed by atoms with Crippen molar-refractivity contribution in [2.45, 2.75) is 19.3 Å². The fourth-order valence-electron chi connectivity index (χ4n) is 1.56. The van der Waals surface area contributed by atoms with E-state index in [1.807, 2.05) is 0 Å². The Kier molecular flexibility index (Phi) is 5.00. The Bertz CT molecular complexity index is 471. The number of aromatic nitrogens is 2. The molecule has 2 N–H and O–H groups in total. The molecule has 7 heteroatoms. The van der Waals surface area contributed by atoms with Crippen LogP contribution < -0.4 is 5.32 Å². The van der Waals surface area contributed by atoms with Crippen LogP contribution in [-0.2, 0) is 4.74 Å². The smallest absolute Gasteiger partial charge is 0.356 e. The molecule has 1 heterocycles. The molecule has 0 radical (unpaired) electrons. The summed E-state index contributed by atoms with van der Waals surface area (Å²) in [5, 5.41) is 11.3. The highest BCUT2D eigenvalue weighted by Crippen LogP contribution is 2.28. The van der Waals surface area contributed by atoms with Crippen molar-refractivity contribution in [3.63, 3.8) is 0 Å². The van der Waals surface area contributed by atoms with Gasteiger partial charge in [-0.15, -0.1) is 0 Å². The number of carbonyl (C=O) groups is 2. The Morgan fingerprint density at radius 1 is 1.30 bits per heavy atom. The molecular weight excluding hydrogens is 262 g/mol. The average Bonchev–Trinajstić information content (AvgIpc) is 3.26. The van der Waals surface area contributed by atoms with E-state index >= 15 is 0 Å². The fraction of sp³-hybridized carbons (Fsp3) is 0.538. The van der Waals surface area contributed by atoms with E-state index in [1.165, 1.54) is 12.8 Å². The van der Waals surface area contributed by atoms with E-state index in [1.54, 1.807) is 0 Å². The van der Waals surface area contributed by atoms with E-state index in [-0.39, 0.29) is 17.3 Å². The van der Waals surface area contributed by atoms with Gasteiger partial charge in [0.1, 0.15) is 5.69 Å². The van der Waals surface area contributed by atoms with Crippen molar-refractivity contribution in [3.05, 3.63) is 23.8 Å². The van der Waals surface area contributed by atoms with Gasteiger partial charge in [0.2, 0.25) is 0 Å². The molecule has 20 heavy (non-hydrogen) atoms. The molecule has 1 saturated carbocycles. The third kappa shape index (κ3) is 4.58. The predicted octanol–water partition coefficient (Wildman–Crippen LogP) is 0.721. The molecule has 0 atom stereocenters. The van der Waals surface area contributed by atoms with Crippen LogP contribution in [0.15, 0.2) is 12.4 Å². The van der Waals surface area contributed by atoms with Crippen LogP contribution in [0.5, 0.6) is 0 Å². The van der Waals surface area contributed by atoms with E-state index in [0.717, 1.165) is 31.3 Å². The quantitative estimate of drug-likeness (QED) is 0.680. The van der Waals surface area contributed by atoms with E-state index in [2.05, 4.69) is 15.3 Å². The van der Waals surface area contributed by atoms with Gasteiger partial charge in [-0.2, -0.15) is 0 Å².